The molecule has 0 bridgehead atoms. The zero-order chi connectivity index (χ0) is 22.0. The highest BCUT2D eigenvalue weighted by molar-refractivity contribution is 5.36. The molecule has 1 N–H and O–H groups in total. The van der Waals surface area contributed by atoms with Crippen LogP contribution < -0.4 is 0 Å². The SMILES string of the molecule is CC1(C)CC[C@]2(C)C[C@]3(C)C(=CC[C@@H]4[C@@]5(C)CC[C@H](O)C(C)(C)[C@@H]5CC[C@]43C)[C@@H]2C1. The number of hydrogen-bond donors (Lipinski definition) is 1. The Hall–Kier alpha value is -0.300. The fraction of sp³-hybridized carbons (Fsp3) is 0.931. The van der Waals surface area contributed by atoms with Gasteiger partial charge >= 0.3 is 0 Å². The van der Waals surface area contributed by atoms with Gasteiger partial charge in [0.25, 0.3) is 0 Å². The van der Waals surface area contributed by atoms with Crippen LogP contribution in [0.25, 0.3) is 0 Å². The standard InChI is InChI=1S/C29H48O/c1-24(2)15-16-26(5)18-29(8)19(20(26)17-24)9-10-22-27(6)13-12-23(30)25(3,4)21(27)11-14-28(22,29)7/h9,20-23,30H,10-18H2,1-8H3/t20-,21-,22+,23-,26+,27-,28+,29+/m0/s1. The lowest BCUT2D eigenvalue weighted by Gasteiger charge is -2.68. The van der Waals surface area contributed by atoms with Gasteiger partial charge in [-0.2, -0.15) is 0 Å². The molecule has 0 heterocycles. The van der Waals surface area contributed by atoms with Crippen molar-refractivity contribution in [3.05, 3.63) is 11.6 Å². The Labute approximate surface area is 186 Å². The zero-order valence-electron chi connectivity index (χ0n) is 21.2. The van der Waals surface area contributed by atoms with Gasteiger partial charge in [-0.25, -0.2) is 0 Å². The van der Waals surface area contributed by atoms with Gasteiger partial charge in [-0.15, -0.1) is 0 Å². The van der Waals surface area contributed by atoms with Crippen LogP contribution in [-0.4, -0.2) is 11.2 Å². The smallest absolute Gasteiger partial charge is 0.0594 e. The molecule has 0 unspecified atom stereocenters. The van der Waals surface area contributed by atoms with E-state index in [4.69, 9.17) is 0 Å². The summed E-state index contributed by atoms with van der Waals surface area (Å²) >= 11 is 0. The molecule has 0 spiro atoms. The molecular formula is C29H48O. The Kier molecular flexibility index (Phi) is 4.29. The molecule has 5 aliphatic carbocycles. The molecular weight excluding hydrogens is 364 g/mol. The summed E-state index contributed by atoms with van der Waals surface area (Å²) in [6.45, 7) is 20.4. The zero-order valence-corrected chi connectivity index (χ0v) is 21.2. The minimum atomic E-state index is -0.124. The first-order valence-electron chi connectivity index (χ1n) is 13.1. The lowest BCUT2D eigenvalue weighted by atomic mass is 9.37. The van der Waals surface area contributed by atoms with E-state index in [1.54, 1.807) is 0 Å². The summed E-state index contributed by atoms with van der Waals surface area (Å²) in [6, 6.07) is 0. The van der Waals surface area contributed by atoms with Crippen LogP contribution in [0.5, 0.6) is 0 Å². The van der Waals surface area contributed by atoms with E-state index in [9.17, 15) is 5.11 Å². The summed E-state index contributed by atoms with van der Waals surface area (Å²) in [5.41, 5.74) is 4.08. The number of rotatable bonds is 0. The first kappa shape index (κ1) is 21.5. The molecule has 1 heteroatoms. The van der Waals surface area contributed by atoms with Gasteiger partial charge < -0.3 is 5.11 Å². The van der Waals surface area contributed by atoms with Gasteiger partial charge in [-0.3, -0.25) is 0 Å². The van der Waals surface area contributed by atoms with Crippen molar-refractivity contribution in [1.29, 1.82) is 0 Å². The molecule has 0 amide bonds. The highest BCUT2D eigenvalue weighted by Gasteiger charge is 2.69. The molecule has 5 aliphatic rings. The molecule has 30 heavy (non-hydrogen) atoms. The average Bonchev–Trinajstić information content (AvgIpc) is 2.86. The van der Waals surface area contributed by atoms with Crippen LogP contribution in [0.15, 0.2) is 11.6 Å². The predicted octanol–water partition coefficient (Wildman–Crippen LogP) is 7.78. The normalized spacial score (nSPS) is 56.2. The maximum absolute atomic E-state index is 10.9. The minimum absolute atomic E-state index is 0.0545. The van der Waals surface area contributed by atoms with E-state index in [0.29, 0.717) is 33.0 Å². The number of aliphatic hydroxyl groups excluding tert-OH is 1. The number of aliphatic hydroxyl groups is 1. The highest BCUT2D eigenvalue weighted by Crippen LogP contribution is 2.77. The Morgan fingerprint density at radius 3 is 2.23 bits per heavy atom. The van der Waals surface area contributed by atoms with Crippen LogP contribution in [-0.2, 0) is 0 Å². The molecule has 0 aromatic carbocycles. The van der Waals surface area contributed by atoms with Crippen molar-refractivity contribution in [2.24, 2.45) is 50.2 Å². The third-order valence-electron chi connectivity index (χ3n) is 12.6. The minimum Gasteiger partial charge on any atom is -0.393 e. The van der Waals surface area contributed by atoms with Crippen molar-refractivity contribution in [3.63, 3.8) is 0 Å². The Morgan fingerprint density at radius 2 is 1.53 bits per heavy atom. The lowest BCUT2D eigenvalue weighted by molar-refractivity contribution is -0.194. The second-order valence-corrected chi connectivity index (χ2v) is 14.9. The molecule has 8 atom stereocenters. The number of hydrogen-bond acceptors (Lipinski definition) is 1. The van der Waals surface area contributed by atoms with Crippen molar-refractivity contribution in [2.75, 3.05) is 0 Å². The topological polar surface area (TPSA) is 20.2 Å². The third kappa shape index (κ3) is 2.45. The second kappa shape index (κ2) is 5.98. The number of fused-ring (bicyclic) bond motifs is 7. The molecule has 4 saturated carbocycles. The summed E-state index contributed by atoms with van der Waals surface area (Å²) in [5, 5.41) is 10.9. The average molecular weight is 413 g/mol. The maximum Gasteiger partial charge on any atom is 0.0594 e. The van der Waals surface area contributed by atoms with Gasteiger partial charge in [0.2, 0.25) is 0 Å². The van der Waals surface area contributed by atoms with Gasteiger partial charge in [-0.1, -0.05) is 67.0 Å². The molecule has 1 nitrogen and oxygen atoms in total. The first-order chi connectivity index (χ1) is 13.7. The van der Waals surface area contributed by atoms with Gasteiger partial charge in [0.1, 0.15) is 0 Å². The highest BCUT2D eigenvalue weighted by atomic mass is 16.3. The van der Waals surface area contributed by atoms with E-state index in [1.807, 2.05) is 5.57 Å². The predicted molar refractivity (Wildman–Crippen MR) is 126 cm³/mol. The van der Waals surface area contributed by atoms with Gasteiger partial charge in [0.15, 0.2) is 0 Å². The third-order valence-corrected chi connectivity index (χ3v) is 12.6. The Balaban J connectivity index is 1.58. The molecule has 0 aromatic rings. The summed E-state index contributed by atoms with van der Waals surface area (Å²) in [6.07, 6.45) is 14.4. The van der Waals surface area contributed by atoms with E-state index in [0.717, 1.165) is 18.3 Å². The molecule has 0 aliphatic heterocycles. The van der Waals surface area contributed by atoms with Crippen LogP contribution in [0, 0.1) is 50.2 Å². The molecule has 170 valence electrons. The summed E-state index contributed by atoms with van der Waals surface area (Å²) in [5.74, 6) is 2.23. The van der Waals surface area contributed by atoms with Gasteiger partial charge in [0, 0.05) is 0 Å². The maximum atomic E-state index is 10.9. The first-order valence-corrected chi connectivity index (χ1v) is 13.1. The van der Waals surface area contributed by atoms with Crippen molar-refractivity contribution in [2.45, 2.75) is 119 Å². The fourth-order valence-corrected chi connectivity index (χ4v) is 10.6. The fourth-order valence-electron chi connectivity index (χ4n) is 10.6. The van der Waals surface area contributed by atoms with Crippen LogP contribution in [0.4, 0.5) is 0 Å². The van der Waals surface area contributed by atoms with Crippen molar-refractivity contribution in [3.8, 4) is 0 Å². The molecule has 0 aromatic heterocycles. The van der Waals surface area contributed by atoms with Crippen molar-refractivity contribution >= 4 is 0 Å². The van der Waals surface area contributed by atoms with Crippen LogP contribution >= 0.6 is 0 Å². The summed E-state index contributed by atoms with van der Waals surface area (Å²) in [4.78, 5) is 0. The van der Waals surface area contributed by atoms with Crippen molar-refractivity contribution < 1.29 is 5.11 Å². The van der Waals surface area contributed by atoms with Crippen LogP contribution in [0.1, 0.15) is 113 Å². The van der Waals surface area contributed by atoms with E-state index < -0.39 is 0 Å². The van der Waals surface area contributed by atoms with E-state index in [1.165, 1.54) is 51.4 Å². The van der Waals surface area contributed by atoms with Crippen LogP contribution in [0.3, 0.4) is 0 Å². The van der Waals surface area contributed by atoms with Gasteiger partial charge in [0.05, 0.1) is 6.10 Å². The molecule has 5 rings (SSSR count). The van der Waals surface area contributed by atoms with E-state index in [2.05, 4.69) is 61.5 Å². The Bertz CT molecular complexity index is 775. The molecule has 0 radical (unpaired) electrons. The second-order valence-electron chi connectivity index (χ2n) is 14.9. The monoisotopic (exact) mass is 412 g/mol. The lowest BCUT2D eigenvalue weighted by Crippen LogP contribution is -2.62. The molecule has 4 fully saturated rings. The van der Waals surface area contributed by atoms with E-state index in [-0.39, 0.29) is 11.5 Å². The summed E-state index contributed by atoms with van der Waals surface area (Å²) < 4.78 is 0. The summed E-state index contributed by atoms with van der Waals surface area (Å²) in [7, 11) is 0. The quantitative estimate of drug-likeness (QED) is 0.403. The Morgan fingerprint density at radius 1 is 0.833 bits per heavy atom. The number of allylic oxidation sites excluding steroid dienone is 2. The molecule has 0 saturated heterocycles. The van der Waals surface area contributed by atoms with Crippen molar-refractivity contribution in [1.82, 2.24) is 0 Å². The van der Waals surface area contributed by atoms with E-state index >= 15 is 0 Å². The largest absolute Gasteiger partial charge is 0.393 e. The van der Waals surface area contributed by atoms with Gasteiger partial charge in [-0.05, 0) is 108 Å². The van der Waals surface area contributed by atoms with Crippen LogP contribution in [0.2, 0.25) is 0 Å².